The Kier molecular flexibility index (Phi) is 7.93. The zero-order valence-corrected chi connectivity index (χ0v) is 18.6. The number of halogens is 1. The van der Waals surface area contributed by atoms with Crippen LogP contribution in [0.4, 0.5) is 5.69 Å². The second-order valence-electron chi connectivity index (χ2n) is 6.98. The number of methoxy groups -OCH3 is 1. The van der Waals surface area contributed by atoms with Crippen LogP contribution in [0.3, 0.4) is 0 Å². The van der Waals surface area contributed by atoms with Crippen molar-refractivity contribution in [2.24, 2.45) is 0 Å². The lowest BCUT2D eigenvalue weighted by atomic mass is 10.1. The third-order valence-corrected chi connectivity index (χ3v) is 6.03. The number of aryl methyl sites for hydroxylation is 1. The van der Waals surface area contributed by atoms with E-state index in [1.807, 2.05) is 37.3 Å². The molecule has 2 atom stereocenters. The number of nitrogens with zero attached hydrogens (tertiary/aromatic N) is 1. The average Bonchev–Trinajstić information content (AvgIpc) is 2.66. The summed E-state index contributed by atoms with van der Waals surface area (Å²) in [6, 6.07) is 13.5. The normalized spacial score (nSPS) is 13.4. The number of hydrogen-bond donors (Lipinski definition) is 1. The maximum atomic E-state index is 12.8. The van der Waals surface area contributed by atoms with E-state index in [-0.39, 0.29) is 11.7 Å². The molecule has 2 rings (SSSR count). The minimum atomic E-state index is -3.77. The molecule has 0 aromatic heterocycles. The van der Waals surface area contributed by atoms with Gasteiger partial charge in [-0.2, -0.15) is 0 Å². The molecule has 0 saturated carbocycles. The number of nitrogens with one attached hydrogen (secondary N) is 1. The third-order valence-electron chi connectivity index (χ3n) is 4.56. The summed E-state index contributed by atoms with van der Waals surface area (Å²) in [5, 5.41) is 3.25. The fraction of sp³-hybridized carbons (Fsp3) is 0.381. The van der Waals surface area contributed by atoms with Gasteiger partial charge in [0.2, 0.25) is 15.9 Å². The first kappa shape index (κ1) is 23.0. The first-order chi connectivity index (χ1) is 13.6. The number of ether oxygens (including phenoxy) is 1. The van der Waals surface area contributed by atoms with Crippen molar-refractivity contribution in [3.8, 4) is 5.75 Å². The van der Waals surface area contributed by atoms with Crippen LogP contribution in [0.15, 0.2) is 48.5 Å². The number of sulfonamides is 1. The number of carbonyl (C=O) groups is 1. The predicted molar refractivity (Wildman–Crippen MR) is 117 cm³/mol. The minimum absolute atomic E-state index is 0.118. The number of anilines is 1. The van der Waals surface area contributed by atoms with Crippen LogP contribution < -0.4 is 14.4 Å². The van der Waals surface area contributed by atoms with Gasteiger partial charge in [0, 0.05) is 11.1 Å². The summed E-state index contributed by atoms with van der Waals surface area (Å²) in [5.74, 6) is -0.0744. The molecule has 0 saturated heterocycles. The van der Waals surface area contributed by atoms with Gasteiger partial charge in [0.15, 0.2) is 0 Å². The van der Waals surface area contributed by atoms with Gasteiger partial charge in [0.1, 0.15) is 11.8 Å². The number of rotatable bonds is 9. The highest BCUT2D eigenvalue weighted by Crippen LogP contribution is 2.34. The quantitative estimate of drug-likeness (QED) is 0.648. The minimum Gasteiger partial charge on any atom is -0.495 e. The van der Waals surface area contributed by atoms with Gasteiger partial charge in [-0.05, 0) is 50.5 Å². The van der Waals surface area contributed by atoms with Gasteiger partial charge >= 0.3 is 0 Å². The highest BCUT2D eigenvalue weighted by Gasteiger charge is 2.31. The number of amides is 1. The molecule has 0 aliphatic carbocycles. The Bertz CT molecular complexity index is 935. The Morgan fingerprint density at radius 2 is 1.83 bits per heavy atom. The molecule has 29 heavy (non-hydrogen) atoms. The van der Waals surface area contributed by atoms with Crippen molar-refractivity contribution in [1.29, 1.82) is 0 Å². The van der Waals surface area contributed by atoms with E-state index in [4.69, 9.17) is 16.3 Å². The maximum Gasteiger partial charge on any atom is 0.243 e. The highest BCUT2D eigenvalue weighted by atomic mass is 35.5. The van der Waals surface area contributed by atoms with E-state index < -0.39 is 22.0 Å². The van der Waals surface area contributed by atoms with Crippen molar-refractivity contribution in [2.45, 2.75) is 38.8 Å². The largest absolute Gasteiger partial charge is 0.495 e. The second kappa shape index (κ2) is 9.98. The second-order valence-corrected chi connectivity index (χ2v) is 9.28. The van der Waals surface area contributed by atoms with Crippen LogP contribution in [0.1, 0.15) is 25.8 Å². The van der Waals surface area contributed by atoms with Crippen LogP contribution in [0, 0.1) is 0 Å². The van der Waals surface area contributed by atoms with Crippen LogP contribution >= 0.6 is 11.6 Å². The first-order valence-corrected chi connectivity index (χ1v) is 11.5. The van der Waals surface area contributed by atoms with Crippen LogP contribution in [0.5, 0.6) is 5.75 Å². The molecule has 2 aromatic rings. The molecule has 8 heteroatoms. The van der Waals surface area contributed by atoms with E-state index in [1.54, 1.807) is 19.1 Å². The van der Waals surface area contributed by atoms with E-state index in [9.17, 15) is 13.2 Å². The standard InChI is InChI=1S/C21H27ClN2O4S/c1-15(10-11-17-8-6-5-7-9-17)23-21(25)16(2)24(29(4,26)27)19-14-18(22)12-13-20(19)28-3/h5-9,12-16H,10-11H2,1-4H3,(H,23,25)/t15-,16-/m0/s1. The molecule has 0 aliphatic heterocycles. The van der Waals surface area contributed by atoms with Crippen LogP contribution in [0.25, 0.3) is 0 Å². The van der Waals surface area contributed by atoms with E-state index in [1.165, 1.54) is 18.7 Å². The Hall–Kier alpha value is -2.25. The lowest BCUT2D eigenvalue weighted by molar-refractivity contribution is -0.122. The summed E-state index contributed by atoms with van der Waals surface area (Å²) in [6.07, 6.45) is 2.60. The van der Waals surface area contributed by atoms with Crippen LogP contribution in [0.2, 0.25) is 5.02 Å². The van der Waals surface area contributed by atoms with Crippen molar-refractivity contribution < 1.29 is 17.9 Å². The molecule has 0 bridgehead atoms. The molecule has 158 valence electrons. The lowest BCUT2D eigenvalue weighted by Crippen LogP contribution is -2.50. The van der Waals surface area contributed by atoms with Crippen molar-refractivity contribution in [3.63, 3.8) is 0 Å². The SMILES string of the molecule is COc1ccc(Cl)cc1N([C@@H](C)C(=O)N[C@@H](C)CCc1ccccc1)S(C)(=O)=O. The Morgan fingerprint density at radius 1 is 1.17 bits per heavy atom. The summed E-state index contributed by atoms with van der Waals surface area (Å²) < 4.78 is 31.3. The summed E-state index contributed by atoms with van der Waals surface area (Å²) >= 11 is 6.06. The molecule has 0 unspecified atom stereocenters. The average molecular weight is 439 g/mol. The first-order valence-electron chi connectivity index (χ1n) is 9.30. The fourth-order valence-electron chi connectivity index (χ4n) is 3.08. The molecular weight excluding hydrogens is 412 g/mol. The topological polar surface area (TPSA) is 75.7 Å². The molecular formula is C21H27ClN2O4S. The van der Waals surface area contributed by atoms with Crippen molar-refractivity contribution in [3.05, 3.63) is 59.1 Å². The van der Waals surface area contributed by atoms with Gasteiger partial charge in [-0.1, -0.05) is 41.9 Å². The molecule has 0 heterocycles. The van der Waals surface area contributed by atoms with E-state index in [0.717, 1.165) is 23.4 Å². The highest BCUT2D eigenvalue weighted by molar-refractivity contribution is 7.92. The van der Waals surface area contributed by atoms with Crippen molar-refractivity contribution >= 4 is 33.2 Å². The molecule has 1 amide bonds. The molecule has 2 aromatic carbocycles. The third kappa shape index (κ3) is 6.37. The number of benzene rings is 2. The fourth-order valence-corrected chi connectivity index (χ4v) is 4.42. The van der Waals surface area contributed by atoms with Gasteiger partial charge in [-0.15, -0.1) is 0 Å². The van der Waals surface area contributed by atoms with Gasteiger partial charge in [0.05, 0.1) is 19.1 Å². The van der Waals surface area contributed by atoms with E-state index >= 15 is 0 Å². The van der Waals surface area contributed by atoms with Crippen molar-refractivity contribution in [1.82, 2.24) is 5.32 Å². The van der Waals surface area contributed by atoms with Gasteiger partial charge in [0.25, 0.3) is 0 Å². The summed E-state index contributed by atoms with van der Waals surface area (Å²) in [5.41, 5.74) is 1.41. The summed E-state index contributed by atoms with van der Waals surface area (Å²) in [4.78, 5) is 12.8. The smallest absolute Gasteiger partial charge is 0.243 e. The predicted octanol–water partition coefficient (Wildman–Crippen LogP) is 3.64. The summed E-state index contributed by atoms with van der Waals surface area (Å²) in [6.45, 7) is 3.44. The van der Waals surface area contributed by atoms with Gasteiger partial charge in [-0.3, -0.25) is 9.10 Å². The molecule has 0 radical (unpaired) electrons. The zero-order chi connectivity index (χ0) is 21.6. The lowest BCUT2D eigenvalue weighted by Gasteiger charge is -2.30. The summed E-state index contributed by atoms with van der Waals surface area (Å²) in [7, 11) is -2.33. The molecule has 0 aliphatic rings. The number of carbonyl (C=O) groups excluding carboxylic acids is 1. The van der Waals surface area contributed by atoms with Crippen LogP contribution in [-0.4, -0.2) is 39.8 Å². The van der Waals surface area contributed by atoms with Gasteiger partial charge in [-0.25, -0.2) is 8.42 Å². The monoisotopic (exact) mass is 438 g/mol. The molecule has 1 N–H and O–H groups in total. The van der Waals surface area contributed by atoms with E-state index in [2.05, 4.69) is 5.32 Å². The van der Waals surface area contributed by atoms with Crippen LogP contribution in [-0.2, 0) is 21.2 Å². The molecule has 0 fully saturated rings. The Balaban J connectivity index is 2.16. The molecule has 6 nitrogen and oxygen atoms in total. The van der Waals surface area contributed by atoms with Gasteiger partial charge < -0.3 is 10.1 Å². The van der Waals surface area contributed by atoms with E-state index in [0.29, 0.717) is 10.8 Å². The maximum absolute atomic E-state index is 12.8. The Labute approximate surface area is 177 Å². The molecule has 0 spiro atoms. The Morgan fingerprint density at radius 3 is 2.41 bits per heavy atom. The zero-order valence-electron chi connectivity index (χ0n) is 17.1. The van der Waals surface area contributed by atoms with Crippen molar-refractivity contribution in [2.75, 3.05) is 17.7 Å². The number of hydrogen-bond acceptors (Lipinski definition) is 4.